The van der Waals surface area contributed by atoms with E-state index in [-0.39, 0.29) is 5.82 Å². The molecule has 2 fully saturated rings. The molecule has 0 atom stereocenters. The maximum atomic E-state index is 14.1. The average Bonchev–Trinajstić information content (AvgIpc) is 2.75. The lowest BCUT2D eigenvalue weighted by Gasteiger charge is -2.38. The first kappa shape index (κ1) is 19.7. The van der Waals surface area contributed by atoms with Gasteiger partial charge in [0.15, 0.2) is 11.6 Å². The standard InChI is InChI=1S/C21H30FN7/c1-26-9-7-16(8-10-26)27(2)20-19(23)21(25-15-24-20)29-13-11-28(12-14-29)18-6-4-3-5-17(18)22/h3-6,15-16H,7-14,23H2,1-2H3. The Morgan fingerprint density at radius 3 is 2.34 bits per heavy atom. The number of benzene rings is 1. The van der Waals surface area contributed by atoms with Gasteiger partial charge in [0, 0.05) is 39.3 Å². The van der Waals surface area contributed by atoms with E-state index in [4.69, 9.17) is 5.73 Å². The van der Waals surface area contributed by atoms with Crippen molar-refractivity contribution in [3.05, 3.63) is 36.4 Å². The van der Waals surface area contributed by atoms with Crippen LogP contribution >= 0.6 is 0 Å². The van der Waals surface area contributed by atoms with E-state index in [1.54, 1.807) is 12.4 Å². The monoisotopic (exact) mass is 399 g/mol. The molecule has 0 radical (unpaired) electrons. The van der Waals surface area contributed by atoms with Crippen molar-refractivity contribution in [1.29, 1.82) is 0 Å². The van der Waals surface area contributed by atoms with Crippen LogP contribution in [-0.2, 0) is 0 Å². The lowest BCUT2D eigenvalue weighted by atomic mass is 10.0. The molecule has 0 saturated carbocycles. The van der Waals surface area contributed by atoms with E-state index in [0.29, 0.717) is 17.4 Å². The lowest BCUT2D eigenvalue weighted by Crippen LogP contribution is -2.47. The van der Waals surface area contributed by atoms with Crippen LogP contribution in [0.5, 0.6) is 0 Å². The van der Waals surface area contributed by atoms with Crippen LogP contribution < -0.4 is 20.4 Å². The molecule has 2 aromatic rings. The number of likely N-dealkylation sites (tertiary alicyclic amines) is 1. The van der Waals surface area contributed by atoms with Gasteiger partial charge in [-0.1, -0.05) is 12.1 Å². The molecule has 0 aliphatic carbocycles. The van der Waals surface area contributed by atoms with Gasteiger partial charge in [-0.2, -0.15) is 0 Å². The number of piperidine rings is 1. The third-order valence-corrected chi connectivity index (χ3v) is 6.18. The van der Waals surface area contributed by atoms with Crippen LogP contribution in [0.2, 0.25) is 0 Å². The van der Waals surface area contributed by atoms with Crippen molar-refractivity contribution in [3.8, 4) is 0 Å². The average molecular weight is 400 g/mol. The predicted octanol–water partition coefficient (Wildman–Crippen LogP) is 2.05. The minimum atomic E-state index is -0.176. The Bertz CT molecular complexity index is 830. The van der Waals surface area contributed by atoms with Gasteiger partial charge >= 0.3 is 0 Å². The molecule has 2 N–H and O–H groups in total. The number of nitrogens with zero attached hydrogens (tertiary/aromatic N) is 6. The summed E-state index contributed by atoms with van der Waals surface area (Å²) in [5.41, 5.74) is 7.82. The second-order valence-corrected chi connectivity index (χ2v) is 8.01. The molecule has 3 heterocycles. The Hall–Kier alpha value is -2.61. The molecule has 4 rings (SSSR count). The molecule has 0 bridgehead atoms. The smallest absolute Gasteiger partial charge is 0.157 e. The van der Waals surface area contributed by atoms with E-state index in [1.807, 2.05) is 12.1 Å². The molecule has 2 aliphatic heterocycles. The largest absolute Gasteiger partial charge is 0.393 e. The van der Waals surface area contributed by atoms with E-state index >= 15 is 0 Å². The van der Waals surface area contributed by atoms with Crippen LogP contribution in [-0.4, -0.2) is 74.3 Å². The molecule has 0 spiro atoms. The summed E-state index contributed by atoms with van der Waals surface area (Å²) in [6, 6.07) is 7.37. The van der Waals surface area contributed by atoms with Gasteiger partial charge in [0.1, 0.15) is 17.8 Å². The van der Waals surface area contributed by atoms with Crippen LogP contribution in [0.3, 0.4) is 0 Å². The van der Waals surface area contributed by atoms with Gasteiger partial charge < -0.3 is 25.3 Å². The molecular formula is C21H30FN7. The highest BCUT2D eigenvalue weighted by Crippen LogP contribution is 2.32. The second-order valence-electron chi connectivity index (χ2n) is 8.01. The summed E-state index contributed by atoms with van der Waals surface area (Å²) in [7, 11) is 4.24. The van der Waals surface area contributed by atoms with Crippen molar-refractivity contribution in [2.75, 3.05) is 73.8 Å². The first-order chi connectivity index (χ1) is 14.0. The number of nitrogen functional groups attached to an aromatic ring is 1. The van der Waals surface area contributed by atoms with E-state index in [9.17, 15) is 4.39 Å². The third-order valence-electron chi connectivity index (χ3n) is 6.18. The summed E-state index contributed by atoms with van der Waals surface area (Å²) in [5.74, 6) is 1.41. The number of piperazine rings is 1. The summed E-state index contributed by atoms with van der Waals surface area (Å²) >= 11 is 0. The molecule has 156 valence electrons. The van der Waals surface area contributed by atoms with E-state index in [2.05, 4.69) is 43.7 Å². The number of aromatic nitrogens is 2. The van der Waals surface area contributed by atoms with Crippen LogP contribution in [0.15, 0.2) is 30.6 Å². The van der Waals surface area contributed by atoms with Crippen molar-refractivity contribution in [2.45, 2.75) is 18.9 Å². The SMILES string of the molecule is CN1CCC(N(C)c2ncnc(N3CCN(c4ccccc4F)CC3)c2N)CC1. The number of rotatable bonds is 4. The maximum Gasteiger partial charge on any atom is 0.157 e. The Kier molecular flexibility index (Phi) is 5.71. The molecule has 2 saturated heterocycles. The Labute approximate surface area is 171 Å². The Balaban J connectivity index is 1.46. The van der Waals surface area contributed by atoms with E-state index in [0.717, 1.165) is 63.7 Å². The first-order valence-corrected chi connectivity index (χ1v) is 10.3. The highest BCUT2D eigenvalue weighted by atomic mass is 19.1. The number of halogens is 1. The van der Waals surface area contributed by atoms with Gasteiger partial charge in [0.2, 0.25) is 0 Å². The van der Waals surface area contributed by atoms with Gasteiger partial charge in [0.05, 0.1) is 5.69 Å². The summed E-state index contributed by atoms with van der Waals surface area (Å²) in [6.45, 7) is 5.12. The number of anilines is 4. The van der Waals surface area contributed by atoms with Crippen molar-refractivity contribution in [3.63, 3.8) is 0 Å². The molecule has 7 nitrogen and oxygen atoms in total. The normalized spacial score (nSPS) is 18.9. The molecule has 8 heteroatoms. The number of hydrogen-bond donors (Lipinski definition) is 1. The predicted molar refractivity (Wildman–Crippen MR) is 116 cm³/mol. The highest BCUT2D eigenvalue weighted by molar-refractivity contribution is 5.76. The van der Waals surface area contributed by atoms with Gasteiger partial charge in [-0.15, -0.1) is 0 Å². The zero-order chi connectivity index (χ0) is 20.4. The van der Waals surface area contributed by atoms with Gasteiger partial charge in [0.25, 0.3) is 0 Å². The number of hydrogen-bond acceptors (Lipinski definition) is 7. The molecule has 1 aromatic heterocycles. The highest BCUT2D eigenvalue weighted by Gasteiger charge is 2.26. The zero-order valence-corrected chi connectivity index (χ0v) is 17.3. The number of para-hydroxylation sites is 1. The minimum absolute atomic E-state index is 0.176. The molecular weight excluding hydrogens is 369 g/mol. The summed E-state index contributed by atoms with van der Waals surface area (Å²) in [6.07, 6.45) is 3.82. The first-order valence-electron chi connectivity index (χ1n) is 10.3. The molecule has 2 aliphatic rings. The molecule has 29 heavy (non-hydrogen) atoms. The molecule has 0 unspecified atom stereocenters. The fraction of sp³-hybridized carbons (Fsp3) is 0.524. The minimum Gasteiger partial charge on any atom is -0.393 e. The summed E-state index contributed by atoms with van der Waals surface area (Å²) in [5, 5.41) is 0. The van der Waals surface area contributed by atoms with Crippen molar-refractivity contribution in [2.24, 2.45) is 0 Å². The van der Waals surface area contributed by atoms with Crippen molar-refractivity contribution < 1.29 is 4.39 Å². The van der Waals surface area contributed by atoms with E-state index in [1.165, 1.54) is 6.07 Å². The van der Waals surface area contributed by atoms with Crippen LogP contribution in [0.25, 0.3) is 0 Å². The van der Waals surface area contributed by atoms with Crippen molar-refractivity contribution >= 4 is 23.0 Å². The Morgan fingerprint density at radius 1 is 1.00 bits per heavy atom. The van der Waals surface area contributed by atoms with Gasteiger partial charge in [-0.05, 0) is 45.1 Å². The topological polar surface area (TPSA) is 64.8 Å². The van der Waals surface area contributed by atoms with Gasteiger partial charge in [-0.3, -0.25) is 0 Å². The third kappa shape index (κ3) is 4.07. The van der Waals surface area contributed by atoms with Crippen LogP contribution in [0.1, 0.15) is 12.8 Å². The fourth-order valence-electron chi connectivity index (χ4n) is 4.33. The Morgan fingerprint density at radius 2 is 1.66 bits per heavy atom. The van der Waals surface area contributed by atoms with Crippen LogP contribution in [0.4, 0.5) is 27.4 Å². The van der Waals surface area contributed by atoms with Crippen LogP contribution in [0, 0.1) is 5.82 Å². The quantitative estimate of drug-likeness (QED) is 0.844. The van der Waals surface area contributed by atoms with E-state index < -0.39 is 0 Å². The zero-order valence-electron chi connectivity index (χ0n) is 17.3. The lowest BCUT2D eigenvalue weighted by molar-refractivity contribution is 0.252. The summed E-state index contributed by atoms with van der Waals surface area (Å²) in [4.78, 5) is 17.8. The molecule has 1 aromatic carbocycles. The maximum absolute atomic E-state index is 14.1. The fourth-order valence-corrected chi connectivity index (χ4v) is 4.33. The molecule has 0 amide bonds. The van der Waals surface area contributed by atoms with Gasteiger partial charge in [-0.25, -0.2) is 14.4 Å². The van der Waals surface area contributed by atoms with Crippen molar-refractivity contribution in [1.82, 2.24) is 14.9 Å². The second kappa shape index (κ2) is 8.41. The summed E-state index contributed by atoms with van der Waals surface area (Å²) < 4.78 is 14.1. The number of nitrogens with two attached hydrogens (primary N) is 1.